The molecule has 774 valence electrons. The second kappa shape index (κ2) is 81.2. The summed E-state index contributed by atoms with van der Waals surface area (Å²) >= 11 is 56.5. The molecule has 139 heavy (non-hydrogen) atoms. The van der Waals surface area contributed by atoms with E-state index >= 15 is 0 Å². The fourth-order valence-electron chi connectivity index (χ4n) is 11.9. The SMILES string of the molecule is CN(CCOP1SCCS1)C(=O)c1ccccc1.CNC(=S)N(C)CCOP1SCCS1.CNC(=S)NCCOP1S[C@@H]2CCCC[C@H]2S1.CNC(=S)NCCOP1Sc2ccccc2S1.O=C(NCCOP1SCCS1)Nc1ccccc1.O=C(NCCOP1SCCS1)c1ccccc1.S=C(NCCCCOP1SCCS1)Nc1ccccc1.S=C(NCCOP1SCCS1)NC1CCCCC1. The molecule has 8 heterocycles. The van der Waals surface area contributed by atoms with Crippen LogP contribution in [0.25, 0.3) is 0 Å². The van der Waals surface area contributed by atoms with Crippen molar-refractivity contribution in [2.24, 2.45) is 0 Å². The number of benzene rings is 5. The lowest BCUT2D eigenvalue weighted by molar-refractivity contribution is 0.0777. The molecule has 12 N–H and O–H groups in total. The number of unbranched alkanes of at least 4 members (excludes halogenated alkanes) is 1. The van der Waals surface area contributed by atoms with Gasteiger partial charge in [-0.25, -0.2) is 4.79 Å². The Morgan fingerprint density at radius 2 is 0.683 bits per heavy atom. The number of nitrogens with zero attached hydrogens (tertiary/aromatic N) is 2. The molecule has 7 saturated heterocycles. The highest BCUT2D eigenvalue weighted by Crippen LogP contribution is 2.76. The van der Waals surface area contributed by atoms with Crippen LogP contribution in [0.1, 0.15) is 91.3 Å². The minimum atomic E-state index is -0.477. The maximum absolute atomic E-state index is 12.0. The molecule has 4 amide bonds. The summed E-state index contributed by atoms with van der Waals surface area (Å²) in [4.78, 5) is 41.6. The second-order valence-corrected chi connectivity index (χ2v) is 81.0. The minimum absolute atomic E-state index is 0.0336. The van der Waals surface area contributed by atoms with Gasteiger partial charge in [-0.05, 0) is 160 Å². The first-order chi connectivity index (χ1) is 68.0. The monoisotopic (exact) mass is 2440 g/mol. The smallest absolute Gasteiger partial charge is 0.319 e. The van der Waals surface area contributed by atoms with Crippen LogP contribution in [0.4, 0.5) is 16.2 Å². The fraction of sp³-hybridized carbons (Fsp3) is 0.553. The maximum atomic E-state index is 12.0. The van der Waals surface area contributed by atoms with Crippen LogP contribution in [0.5, 0.6) is 0 Å². The predicted octanol–water partition coefficient (Wildman–Crippen LogP) is 26.6. The summed E-state index contributed by atoms with van der Waals surface area (Å²) in [6.07, 6.45) is 14.4. The van der Waals surface area contributed by atoms with E-state index in [1.54, 1.807) is 11.9 Å². The van der Waals surface area contributed by atoms with Gasteiger partial charge in [0.2, 0.25) is 0 Å². The van der Waals surface area contributed by atoms with Gasteiger partial charge in [-0.1, -0.05) is 299 Å². The van der Waals surface area contributed by atoms with Crippen molar-refractivity contribution in [2.75, 3.05) is 220 Å². The number of nitrogens with one attached hydrogen (secondary N) is 12. The second-order valence-electron chi connectivity index (χ2n) is 29.3. The van der Waals surface area contributed by atoms with Crippen molar-refractivity contribution in [3.8, 4) is 0 Å². The third-order valence-electron chi connectivity index (χ3n) is 18.8. The molecule has 0 spiro atoms. The molecule has 2 atom stereocenters. The lowest BCUT2D eigenvalue weighted by Gasteiger charge is -2.24. The third-order valence-corrected chi connectivity index (χ3v) is 74.3. The van der Waals surface area contributed by atoms with Crippen LogP contribution < -0.4 is 63.8 Å². The van der Waals surface area contributed by atoms with Crippen molar-refractivity contribution in [1.82, 2.24) is 63.0 Å². The first kappa shape index (κ1) is 126. The van der Waals surface area contributed by atoms with Crippen LogP contribution in [-0.4, -0.2) is 279 Å². The van der Waals surface area contributed by atoms with E-state index in [9.17, 15) is 14.4 Å². The highest BCUT2D eigenvalue weighted by molar-refractivity contribution is 8.91. The Balaban J connectivity index is 0.000000195. The van der Waals surface area contributed by atoms with Crippen LogP contribution in [0.15, 0.2) is 155 Å². The van der Waals surface area contributed by atoms with E-state index in [0.29, 0.717) is 73.0 Å². The highest BCUT2D eigenvalue weighted by Gasteiger charge is 2.38. The Hall–Kier alpha value is 1.48. The number of amides is 4. The molecule has 0 unspecified atom stereocenters. The molecular formula is C85H132N14O11P8S21. The summed E-state index contributed by atoms with van der Waals surface area (Å²) in [5.41, 5.74) is 3.24. The van der Waals surface area contributed by atoms with Crippen LogP contribution in [0.2, 0.25) is 0 Å². The first-order valence-corrected chi connectivity index (χ1v) is 82.5. The molecule has 2 aliphatic carbocycles. The zero-order valence-electron chi connectivity index (χ0n) is 78.7. The van der Waals surface area contributed by atoms with Crippen molar-refractivity contribution in [3.05, 3.63) is 157 Å². The minimum Gasteiger partial charge on any atom is -0.366 e. The molecule has 9 fully saturated rings. The van der Waals surface area contributed by atoms with E-state index in [0.717, 1.165) is 110 Å². The van der Waals surface area contributed by atoms with Crippen molar-refractivity contribution in [2.45, 2.75) is 97.0 Å². The standard InChI is InChI=1S/C13H19N2OPS3.C12H16NO2PS2.C11H15N2O2PS2.C11H21N2OPS3.C11H14NO2PS2.C10H19N2OPS3.C10H13N2OPS3.C7H15N2OPS3/c18-13(15-12-6-2-1-3-7-12)14-8-4-5-9-16-17-19-10-11-20-17;1-13(7-8-15-16-17-9-10-18-16)12(14)11-5-3-2-4-6-11;14-11(13-10-4-2-1-3-5-10)12-6-7-15-16-17-8-9-18-16;16-11(13-10-4-2-1-3-5-10)12-6-7-14-15-17-8-9-18-15;13-11(10-4-2-1-3-5-10)12-6-7-14-15-16-8-9-17-15;2*1-11-10(15)12-6-7-13-14-16-8-4-2-3-5-9(8)17-14;1-8-7(12)9(2)3-4-10-11-13-5-6-14-11/h1-3,6-7H,4-5,8-11H2,(H2,14,15,18);2-6H,7-10H2,1H3;1-5H,6-9H2,(H2,12,13,14);10H,1-9H2,(H2,12,13,16);1-5H,6-9H2,(H,12,13);8-9H,2-7H2,1H3,(H2,11,12,15);2-5H,6-7H2,1H3,(H2,11,12,15);3-6H2,1-2H3,(H,8,12)/t;;;;;8-,9-;;/m.....1../s1. The first-order valence-electron chi connectivity index (χ1n) is 45.5. The molecule has 5 aromatic carbocycles. The summed E-state index contributed by atoms with van der Waals surface area (Å²) in [6.45, 7) is 8.92. The Bertz CT molecular complexity index is 4140. The number of urea groups is 1. The molecular weight excluding hydrogens is 2310 g/mol. The van der Waals surface area contributed by atoms with Crippen molar-refractivity contribution in [3.63, 3.8) is 0 Å². The van der Waals surface area contributed by atoms with E-state index in [1.807, 2.05) is 314 Å². The molecule has 2 saturated carbocycles. The van der Waals surface area contributed by atoms with Gasteiger partial charge in [-0.2, -0.15) is 0 Å². The summed E-state index contributed by atoms with van der Waals surface area (Å²) in [5, 5.41) is 41.6. The molecule has 5 aromatic rings. The highest BCUT2D eigenvalue weighted by atomic mass is 33.1. The lowest BCUT2D eigenvalue weighted by atomic mass is 9.96. The van der Waals surface area contributed by atoms with E-state index in [4.69, 9.17) is 97.3 Å². The molecule has 0 aromatic heterocycles. The largest absolute Gasteiger partial charge is 0.366 e. The summed E-state index contributed by atoms with van der Waals surface area (Å²) < 4.78 is 46.2. The molecule has 10 aliphatic rings. The number of fused-ring (bicyclic) bond motifs is 2. The number of para-hydroxylation sites is 2. The van der Waals surface area contributed by atoms with Gasteiger partial charge >= 0.3 is 6.03 Å². The van der Waals surface area contributed by atoms with Gasteiger partial charge in [0.15, 0.2) is 78.0 Å². The zero-order valence-corrected chi connectivity index (χ0v) is 103. The predicted molar refractivity (Wildman–Crippen MR) is 662 cm³/mol. The average molecular weight is 2450 g/mol. The van der Waals surface area contributed by atoms with Crippen LogP contribution >= 0.6 is 296 Å². The zero-order chi connectivity index (χ0) is 98.6. The van der Waals surface area contributed by atoms with Crippen LogP contribution in [0, 0.1) is 0 Å². The number of rotatable bonds is 39. The number of hydrogen-bond acceptors (Lipinski definition) is 32. The van der Waals surface area contributed by atoms with Gasteiger partial charge in [0, 0.05) is 205 Å². The number of thiocarbonyl (C=S) groups is 5. The van der Waals surface area contributed by atoms with Gasteiger partial charge in [0.25, 0.3) is 11.8 Å². The lowest BCUT2D eigenvalue weighted by Crippen LogP contribution is -2.43. The van der Waals surface area contributed by atoms with E-state index < -0.39 is 6.55 Å². The van der Waals surface area contributed by atoms with Crippen molar-refractivity contribution < 1.29 is 50.6 Å². The number of hydrogen-bond donors (Lipinski definition) is 12. The molecule has 0 bridgehead atoms. The summed E-state index contributed by atoms with van der Waals surface area (Å²) in [5.74, 6) is 14.6. The third kappa shape index (κ3) is 58.9. The van der Waals surface area contributed by atoms with Gasteiger partial charge in [-0.3, -0.25) is 9.59 Å². The van der Waals surface area contributed by atoms with Gasteiger partial charge in [-0.15, -0.1) is 0 Å². The van der Waals surface area contributed by atoms with Crippen LogP contribution in [0.3, 0.4) is 0 Å². The average Bonchev–Trinajstić information content (AvgIpc) is 1.70. The van der Waals surface area contributed by atoms with Crippen molar-refractivity contribution >= 4 is 350 Å². The summed E-state index contributed by atoms with van der Waals surface area (Å²) in [7, 11) is 9.27. The number of anilines is 2. The molecule has 25 nitrogen and oxygen atoms in total. The van der Waals surface area contributed by atoms with Crippen molar-refractivity contribution in [1.29, 1.82) is 0 Å². The quantitative estimate of drug-likeness (QED) is 0.00990. The number of carbonyl (C=O) groups is 3. The normalized spacial score (nSPS) is 18.1. The Morgan fingerprint density at radius 3 is 1.12 bits per heavy atom. The topological polar surface area (TPSA) is 276 Å². The van der Waals surface area contributed by atoms with Gasteiger partial charge in [0.1, 0.15) is 0 Å². The number of carbonyl (C=O) groups excluding carboxylic acids is 3. The van der Waals surface area contributed by atoms with Gasteiger partial charge in [0.05, 0.1) is 52.9 Å². The Kier molecular flexibility index (Phi) is 73.4. The Morgan fingerprint density at radius 1 is 0.338 bits per heavy atom. The van der Waals surface area contributed by atoms with Gasteiger partial charge < -0.3 is 110 Å². The van der Waals surface area contributed by atoms with E-state index in [2.05, 4.69) is 111 Å². The fourth-order valence-corrected chi connectivity index (χ4v) is 68.5. The van der Waals surface area contributed by atoms with E-state index in [1.165, 1.54) is 137 Å². The van der Waals surface area contributed by atoms with Crippen LogP contribution in [-0.2, 0) is 36.2 Å². The maximum Gasteiger partial charge on any atom is 0.319 e. The Labute approximate surface area is 927 Å². The molecule has 0 radical (unpaired) electrons. The summed E-state index contributed by atoms with van der Waals surface area (Å²) in [6, 6.07) is 46.8. The molecule has 8 aliphatic heterocycles. The molecule has 54 heteroatoms. The van der Waals surface area contributed by atoms with E-state index in [-0.39, 0.29) is 63.7 Å². The molecule has 15 rings (SSSR count). The number of likely N-dealkylation sites (N-methyl/N-ethyl adjacent to an activating group) is 2.